The van der Waals surface area contributed by atoms with Crippen molar-refractivity contribution in [2.45, 2.75) is 24.9 Å². The van der Waals surface area contributed by atoms with Gasteiger partial charge in [-0.15, -0.1) is 11.8 Å². The predicted octanol–water partition coefficient (Wildman–Crippen LogP) is 4.17. The first-order valence-corrected chi connectivity index (χ1v) is 6.05. The molecule has 5 heteroatoms. The van der Waals surface area contributed by atoms with E-state index in [0.717, 1.165) is 22.9 Å². The van der Waals surface area contributed by atoms with Gasteiger partial charge >= 0.3 is 6.18 Å². The molecule has 0 spiro atoms. The summed E-state index contributed by atoms with van der Waals surface area (Å²) in [5.41, 5.74) is 1.59. The van der Waals surface area contributed by atoms with Gasteiger partial charge in [-0.05, 0) is 44.0 Å². The Labute approximate surface area is 103 Å². The summed E-state index contributed by atoms with van der Waals surface area (Å²) in [6, 6.07) is 3.47. The molecule has 17 heavy (non-hydrogen) atoms. The summed E-state index contributed by atoms with van der Waals surface area (Å²) in [5, 5.41) is 0. The van der Waals surface area contributed by atoms with E-state index in [0.29, 0.717) is 17.3 Å². The lowest BCUT2D eigenvalue weighted by Crippen LogP contribution is -2.11. The number of hydrogen-bond donors (Lipinski definition) is 0. The third-order valence-electron chi connectivity index (χ3n) is 2.08. The van der Waals surface area contributed by atoms with E-state index in [-0.39, 0.29) is 0 Å². The smallest absolute Gasteiger partial charge is 0.398 e. The van der Waals surface area contributed by atoms with E-state index in [1.54, 1.807) is 26.0 Å². The van der Waals surface area contributed by atoms with Crippen molar-refractivity contribution in [2.75, 3.05) is 12.4 Å². The average molecular weight is 263 g/mol. The van der Waals surface area contributed by atoms with E-state index in [9.17, 15) is 13.2 Å². The maximum atomic E-state index is 12.2. The van der Waals surface area contributed by atoms with Crippen molar-refractivity contribution in [1.82, 2.24) is 0 Å². The number of halogens is 3. The number of thioether (sulfide) groups is 1. The Morgan fingerprint density at radius 2 is 1.76 bits per heavy atom. The highest BCUT2D eigenvalue weighted by Crippen LogP contribution is 2.33. The molecule has 0 N–H and O–H groups in total. The zero-order valence-electron chi connectivity index (χ0n) is 9.73. The van der Waals surface area contributed by atoms with Crippen LogP contribution in [0.3, 0.4) is 0 Å². The fourth-order valence-electron chi connectivity index (χ4n) is 1.49. The first-order chi connectivity index (χ1) is 7.83. The molecule has 0 saturated heterocycles. The normalized spacial score (nSPS) is 11.6. The summed E-state index contributed by atoms with van der Waals surface area (Å²) in [7, 11) is 0. The van der Waals surface area contributed by atoms with Crippen LogP contribution < -0.4 is 4.74 Å². The molecule has 0 aliphatic rings. The molecule has 0 fully saturated rings. The van der Waals surface area contributed by atoms with Crippen molar-refractivity contribution < 1.29 is 17.9 Å². The standard InChI is InChI=1S/C12H14F3OS/c1-4-16-10-5-8(2)11(9(3)6-10)17-7-12(13,14)15/h5-6H,1,4,7H2,2-3H3. The van der Waals surface area contributed by atoms with Gasteiger partial charge in [0, 0.05) is 4.90 Å². The van der Waals surface area contributed by atoms with Crippen LogP contribution in [0.1, 0.15) is 11.1 Å². The number of ether oxygens (including phenoxy) is 1. The molecule has 0 saturated carbocycles. The van der Waals surface area contributed by atoms with Crippen molar-refractivity contribution >= 4 is 11.8 Å². The maximum Gasteiger partial charge on any atom is 0.398 e. The van der Waals surface area contributed by atoms with Crippen LogP contribution in [0.2, 0.25) is 0 Å². The molecule has 0 amide bonds. The zero-order chi connectivity index (χ0) is 13.1. The molecule has 1 aromatic carbocycles. The Morgan fingerprint density at radius 3 is 2.18 bits per heavy atom. The highest BCUT2D eigenvalue weighted by molar-refractivity contribution is 7.99. The molecule has 0 heterocycles. The van der Waals surface area contributed by atoms with E-state index in [2.05, 4.69) is 6.92 Å². The molecule has 1 aromatic rings. The quantitative estimate of drug-likeness (QED) is 0.754. The fourth-order valence-corrected chi connectivity index (χ4v) is 2.37. The fraction of sp³-hybridized carbons (Fsp3) is 0.417. The second-order valence-corrected chi connectivity index (χ2v) is 4.62. The number of alkyl halides is 3. The Hall–Kier alpha value is -0.840. The summed E-state index contributed by atoms with van der Waals surface area (Å²) in [4.78, 5) is 0.665. The molecular weight excluding hydrogens is 249 g/mol. The van der Waals surface area contributed by atoms with Crippen LogP contribution in [0.15, 0.2) is 17.0 Å². The average Bonchev–Trinajstić information content (AvgIpc) is 2.14. The molecular formula is C12H14F3OS. The van der Waals surface area contributed by atoms with Crippen molar-refractivity contribution in [3.05, 3.63) is 30.2 Å². The highest BCUT2D eigenvalue weighted by Gasteiger charge is 2.27. The van der Waals surface area contributed by atoms with Gasteiger partial charge in [0.1, 0.15) is 5.75 Å². The minimum atomic E-state index is -4.15. The molecule has 0 aliphatic heterocycles. The maximum absolute atomic E-state index is 12.2. The molecule has 95 valence electrons. The monoisotopic (exact) mass is 263 g/mol. The minimum absolute atomic E-state index is 0.300. The SMILES string of the molecule is [CH2]COc1cc(C)c(SCC(F)(F)F)c(C)c1. The second-order valence-electron chi connectivity index (χ2n) is 3.64. The summed E-state index contributed by atoms with van der Waals surface area (Å²) in [6.45, 7) is 7.41. The summed E-state index contributed by atoms with van der Waals surface area (Å²) >= 11 is 0.811. The zero-order valence-corrected chi connectivity index (χ0v) is 10.5. The number of hydrogen-bond acceptors (Lipinski definition) is 2. The van der Waals surface area contributed by atoms with E-state index >= 15 is 0 Å². The molecule has 1 nitrogen and oxygen atoms in total. The second kappa shape index (κ2) is 5.67. The molecule has 0 aromatic heterocycles. The minimum Gasteiger partial charge on any atom is -0.494 e. The third-order valence-corrected chi connectivity index (χ3v) is 3.49. The lowest BCUT2D eigenvalue weighted by Gasteiger charge is -2.13. The molecule has 0 atom stereocenters. The summed E-state index contributed by atoms with van der Waals surface area (Å²) in [6.07, 6.45) is -4.15. The molecule has 1 radical (unpaired) electrons. The predicted molar refractivity (Wildman–Crippen MR) is 63.5 cm³/mol. The number of benzene rings is 1. The van der Waals surface area contributed by atoms with Gasteiger partial charge in [-0.1, -0.05) is 0 Å². The summed E-state index contributed by atoms with van der Waals surface area (Å²) in [5.74, 6) is -0.226. The molecule has 1 rings (SSSR count). The lowest BCUT2D eigenvalue weighted by atomic mass is 10.1. The van der Waals surface area contributed by atoms with Crippen molar-refractivity contribution in [3.8, 4) is 5.75 Å². The van der Waals surface area contributed by atoms with Crippen molar-refractivity contribution in [3.63, 3.8) is 0 Å². The van der Waals surface area contributed by atoms with Gasteiger partial charge < -0.3 is 4.74 Å². The van der Waals surface area contributed by atoms with E-state index < -0.39 is 11.9 Å². The van der Waals surface area contributed by atoms with Gasteiger partial charge in [-0.3, -0.25) is 0 Å². The molecule has 0 unspecified atom stereocenters. The first kappa shape index (κ1) is 14.2. The van der Waals surface area contributed by atoms with Crippen LogP contribution in [0.5, 0.6) is 5.75 Å². The Morgan fingerprint density at radius 1 is 1.24 bits per heavy atom. The van der Waals surface area contributed by atoms with Crippen LogP contribution in [-0.4, -0.2) is 18.5 Å². The van der Waals surface area contributed by atoms with E-state index in [4.69, 9.17) is 4.74 Å². The van der Waals surface area contributed by atoms with Crippen LogP contribution in [0, 0.1) is 20.8 Å². The van der Waals surface area contributed by atoms with Crippen molar-refractivity contribution in [2.24, 2.45) is 0 Å². The van der Waals surface area contributed by atoms with Crippen LogP contribution >= 0.6 is 11.8 Å². The number of rotatable bonds is 4. The van der Waals surface area contributed by atoms with Gasteiger partial charge in [-0.2, -0.15) is 13.2 Å². The van der Waals surface area contributed by atoms with E-state index in [1.165, 1.54) is 0 Å². The Balaban J connectivity index is 2.86. The van der Waals surface area contributed by atoms with Gasteiger partial charge in [0.25, 0.3) is 0 Å². The summed E-state index contributed by atoms with van der Waals surface area (Å²) < 4.78 is 41.7. The first-order valence-electron chi connectivity index (χ1n) is 5.06. The van der Waals surface area contributed by atoms with Crippen LogP contribution in [-0.2, 0) is 0 Å². The van der Waals surface area contributed by atoms with Crippen LogP contribution in [0.25, 0.3) is 0 Å². The number of aryl methyl sites for hydroxylation is 2. The van der Waals surface area contributed by atoms with E-state index in [1.807, 2.05) is 0 Å². The topological polar surface area (TPSA) is 9.23 Å². The Kier molecular flexibility index (Phi) is 4.74. The highest BCUT2D eigenvalue weighted by atomic mass is 32.2. The Bertz CT molecular complexity index is 365. The largest absolute Gasteiger partial charge is 0.494 e. The lowest BCUT2D eigenvalue weighted by molar-refractivity contribution is -0.105. The van der Waals surface area contributed by atoms with Gasteiger partial charge in [0.15, 0.2) is 0 Å². The van der Waals surface area contributed by atoms with Crippen molar-refractivity contribution in [1.29, 1.82) is 0 Å². The third kappa shape index (κ3) is 4.50. The van der Waals surface area contributed by atoms with Gasteiger partial charge in [0.05, 0.1) is 12.4 Å². The van der Waals surface area contributed by atoms with Gasteiger partial charge in [-0.25, -0.2) is 0 Å². The molecule has 0 aliphatic carbocycles. The van der Waals surface area contributed by atoms with Crippen LogP contribution in [0.4, 0.5) is 13.2 Å². The molecule has 0 bridgehead atoms. The van der Waals surface area contributed by atoms with Gasteiger partial charge in [0.2, 0.25) is 0 Å².